The maximum absolute atomic E-state index is 13.9. The molecule has 0 saturated carbocycles. The SMILES string of the molecule is C[N+](C)(CCCCC(=O)O)CCCC(F)(F)C(F)(F)C(F)(F)C(F)(F)C(F)(F)C(F)(F)C(F)(F)C(F)(F)F. The van der Waals surface area contributed by atoms with Crippen LogP contribution in [0.1, 0.15) is 32.1 Å². The monoisotopic (exact) mass is 606 g/mol. The zero-order chi connectivity index (χ0) is 31.0. The number of alkyl halides is 17. The summed E-state index contributed by atoms with van der Waals surface area (Å²) in [5.74, 6) is -57.4. The first-order chi connectivity index (χ1) is 16.4. The number of hydrogen-bond acceptors (Lipinski definition) is 1. The number of halogens is 17. The summed E-state index contributed by atoms with van der Waals surface area (Å²) in [6.45, 7) is -0.606. The van der Waals surface area contributed by atoms with Crippen LogP contribution < -0.4 is 0 Å². The Bertz CT molecular complexity index is 820. The molecule has 0 unspecified atom stereocenters. The van der Waals surface area contributed by atoms with Crippen molar-refractivity contribution < 1.29 is 89.0 Å². The van der Waals surface area contributed by atoms with E-state index in [1.54, 1.807) is 0 Å². The second kappa shape index (κ2) is 10.7. The molecule has 20 heteroatoms. The van der Waals surface area contributed by atoms with Crippen molar-refractivity contribution in [3.8, 4) is 0 Å². The molecule has 0 aromatic carbocycles. The first kappa shape index (κ1) is 36.2. The van der Waals surface area contributed by atoms with Gasteiger partial charge in [0.15, 0.2) is 0 Å². The third-order valence-corrected chi connectivity index (χ3v) is 5.45. The van der Waals surface area contributed by atoms with Crippen molar-refractivity contribution >= 4 is 5.97 Å². The summed E-state index contributed by atoms with van der Waals surface area (Å²) in [7, 11) is 2.51. The fourth-order valence-corrected chi connectivity index (χ4v) is 3.01. The van der Waals surface area contributed by atoms with Crippen molar-refractivity contribution in [2.75, 3.05) is 27.2 Å². The average Bonchev–Trinajstić information content (AvgIpc) is 2.69. The van der Waals surface area contributed by atoms with E-state index in [4.69, 9.17) is 5.11 Å². The van der Waals surface area contributed by atoms with Crippen LogP contribution in [-0.4, -0.2) is 90.4 Å². The van der Waals surface area contributed by atoms with Crippen LogP contribution in [0.5, 0.6) is 0 Å². The van der Waals surface area contributed by atoms with Gasteiger partial charge in [-0.1, -0.05) is 0 Å². The van der Waals surface area contributed by atoms with Gasteiger partial charge in [0.25, 0.3) is 0 Å². The Morgan fingerprint density at radius 2 is 0.895 bits per heavy atom. The molecule has 228 valence electrons. The lowest BCUT2D eigenvalue weighted by Gasteiger charge is -2.43. The molecular weight excluding hydrogens is 585 g/mol. The van der Waals surface area contributed by atoms with Crippen molar-refractivity contribution in [3.05, 3.63) is 0 Å². The molecule has 0 aromatic heterocycles. The summed E-state index contributed by atoms with van der Waals surface area (Å²) in [4.78, 5) is 10.4. The Kier molecular flexibility index (Phi) is 10.2. The first-order valence-corrected chi connectivity index (χ1v) is 10.1. The zero-order valence-corrected chi connectivity index (χ0v) is 19.2. The van der Waals surface area contributed by atoms with Crippen LogP contribution in [0.15, 0.2) is 0 Å². The molecule has 3 nitrogen and oxygen atoms in total. The number of aliphatic carboxylic acids is 1. The number of nitrogens with zero attached hydrogens (tertiary/aromatic N) is 1. The van der Waals surface area contributed by atoms with Crippen molar-refractivity contribution in [1.82, 2.24) is 0 Å². The summed E-state index contributed by atoms with van der Waals surface area (Å²) < 4.78 is 225. The van der Waals surface area contributed by atoms with Gasteiger partial charge in [-0.15, -0.1) is 0 Å². The fraction of sp³-hybridized carbons (Fsp3) is 0.944. The zero-order valence-electron chi connectivity index (χ0n) is 19.2. The van der Waals surface area contributed by atoms with Gasteiger partial charge in [0.05, 0.1) is 27.2 Å². The lowest BCUT2D eigenvalue weighted by atomic mass is 9.88. The van der Waals surface area contributed by atoms with E-state index >= 15 is 0 Å². The Morgan fingerprint density at radius 3 is 1.26 bits per heavy atom. The molecule has 38 heavy (non-hydrogen) atoms. The van der Waals surface area contributed by atoms with Gasteiger partial charge in [0, 0.05) is 19.3 Å². The minimum atomic E-state index is -8.63. The molecule has 0 bridgehead atoms. The molecule has 0 fully saturated rings. The third kappa shape index (κ3) is 6.34. The number of hydrogen-bond donors (Lipinski definition) is 1. The molecule has 0 aliphatic carbocycles. The molecular formula is C18H21F17NO2+. The molecule has 0 aliphatic heterocycles. The van der Waals surface area contributed by atoms with Crippen molar-refractivity contribution in [1.29, 1.82) is 0 Å². The smallest absolute Gasteiger partial charge is 0.460 e. The minimum Gasteiger partial charge on any atom is -0.481 e. The number of carboxylic acids is 1. The molecule has 0 saturated heterocycles. The van der Waals surface area contributed by atoms with Crippen molar-refractivity contribution in [2.24, 2.45) is 0 Å². The van der Waals surface area contributed by atoms with Gasteiger partial charge in [-0.2, -0.15) is 74.6 Å². The molecule has 0 aliphatic rings. The third-order valence-electron chi connectivity index (χ3n) is 5.45. The molecule has 0 aromatic rings. The number of quaternary nitrogens is 1. The van der Waals surface area contributed by atoms with Crippen molar-refractivity contribution in [2.45, 2.75) is 79.7 Å². The van der Waals surface area contributed by atoms with E-state index in [0.717, 1.165) is 0 Å². The van der Waals surface area contributed by atoms with E-state index in [1.807, 2.05) is 0 Å². The van der Waals surface area contributed by atoms with Crippen LogP contribution in [0.25, 0.3) is 0 Å². The minimum absolute atomic E-state index is 0.00179. The standard InChI is InChI=1S/C18H20F17NO2/c1-36(2,8-4-3-6-10(37)38)9-5-7-11(19,20)12(21,22)13(23,24)14(25,26)15(27,28)16(29,30)17(31,32)18(33,34)35/h3-9H2,1-2H3/p+1. The van der Waals surface area contributed by atoms with Crippen LogP contribution in [0.2, 0.25) is 0 Å². The van der Waals surface area contributed by atoms with Crippen LogP contribution in [-0.2, 0) is 4.79 Å². The van der Waals surface area contributed by atoms with Gasteiger partial charge in [-0.25, -0.2) is 0 Å². The van der Waals surface area contributed by atoms with Gasteiger partial charge in [0.2, 0.25) is 0 Å². The van der Waals surface area contributed by atoms with E-state index < -0.39 is 73.0 Å². The van der Waals surface area contributed by atoms with Gasteiger partial charge >= 0.3 is 53.6 Å². The first-order valence-electron chi connectivity index (χ1n) is 10.1. The van der Waals surface area contributed by atoms with Gasteiger partial charge in [0.1, 0.15) is 0 Å². The van der Waals surface area contributed by atoms with Crippen LogP contribution in [0.3, 0.4) is 0 Å². The molecule has 0 rings (SSSR count). The Labute approximate surface area is 203 Å². The van der Waals surface area contributed by atoms with Gasteiger partial charge in [-0.05, 0) is 12.8 Å². The summed E-state index contributed by atoms with van der Waals surface area (Å²) >= 11 is 0. The number of carbonyl (C=O) groups is 1. The number of carboxylic acid groups (broad SMARTS) is 1. The molecule has 1 N–H and O–H groups in total. The maximum atomic E-state index is 13.9. The highest BCUT2D eigenvalue weighted by Gasteiger charge is 2.95. The van der Waals surface area contributed by atoms with Gasteiger partial charge < -0.3 is 9.59 Å². The Hall–Kier alpha value is -1.76. The number of unbranched alkanes of at least 4 members (excludes halogenated alkanes) is 1. The van der Waals surface area contributed by atoms with E-state index in [9.17, 15) is 79.4 Å². The fourth-order valence-electron chi connectivity index (χ4n) is 3.01. The second-order valence-electron chi connectivity index (χ2n) is 8.99. The second-order valence-corrected chi connectivity index (χ2v) is 8.99. The summed E-state index contributed by atoms with van der Waals surface area (Å²) in [6.07, 6.45) is -11.6. The summed E-state index contributed by atoms with van der Waals surface area (Å²) in [6, 6.07) is 0. The highest BCUT2D eigenvalue weighted by atomic mass is 19.4. The largest absolute Gasteiger partial charge is 0.481 e. The average molecular weight is 606 g/mol. The molecule has 0 amide bonds. The lowest BCUT2D eigenvalue weighted by Crippen LogP contribution is -2.74. The molecule has 0 spiro atoms. The highest BCUT2D eigenvalue weighted by molar-refractivity contribution is 5.66. The Morgan fingerprint density at radius 1 is 0.553 bits per heavy atom. The van der Waals surface area contributed by atoms with E-state index in [0.29, 0.717) is 0 Å². The van der Waals surface area contributed by atoms with E-state index in [1.165, 1.54) is 14.1 Å². The quantitative estimate of drug-likeness (QED) is 0.123. The summed E-state index contributed by atoms with van der Waals surface area (Å²) in [5.41, 5.74) is 0. The lowest BCUT2D eigenvalue weighted by molar-refractivity contribution is -0.890. The highest BCUT2D eigenvalue weighted by Crippen LogP contribution is 2.64. The molecule has 0 radical (unpaired) electrons. The number of rotatable bonds is 15. The van der Waals surface area contributed by atoms with E-state index in [2.05, 4.69) is 0 Å². The van der Waals surface area contributed by atoms with Gasteiger partial charge in [-0.3, -0.25) is 4.79 Å². The van der Waals surface area contributed by atoms with E-state index in [-0.39, 0.29) is 30.3 Å². The predicted molar refractivity (Wildman–Crippen MR) is 93.2 cm³/mol. The molecule has 0 atom stereocenters. The summed E-state index contributed by atoms with van der Waals surface area (Å²) in [5, 5.41) is 8.49. The molecule has 0 heterocycles. The predicted octanol–water partition coefficient (Wildman–Crippen LogP) is 7.11. The maximum Gasteiger partial charge on any atom is 0.460 e. The van der Waals surface area contributed by atoms with Crippen LogP contribution >= 0.6 is 0 Å². The van der Waals surface area contributed by atoms with Crippen LogP contribution in [0, 0.1) is 0 Å². The topological polar surface area (TPSA) is 37.3 Å². The van der Waals surface area contributed by atoms with Crippen LogP contribution in [0.4, 0.5) is 74.6 Å². The Balaban J connectivity index is 5.96. The van der Waals surface area contributed by atoms with Crippen molar-refractivity contribution in [3.63, 3.8) is 0 Å². The normalized spacial score (nSPS) is 15.7.